The second-order valence-electron chi connectivity index (χ2n) is 4.80. The molecule has 0 radical (unpaired) electrons. The van der Waals surface area contributed by atoms with Crippen LogP contribution in [0.25, 0.3) is 0 Å². The minimum absolute atomic E-state index is 0.0480. The fourth-order valence-corrected chi connectivity index (χ4v) is 3.69. The summed E-state index contributed by atoms with van der Waals surface area (Å²) < 4.78 is 29.0. The van der Waals surface area contributed by atoms with Crippen LogP contribution >= 0.6 is 0 Å². The van der Waals surface area contributed by atoms with Crippen LogP contribution in [0.4, 0.5) is 0 Å². The quantitative estimate of drug-likeness (QED) is 0.855. The van der Waals surface area contributed by atoms with E-state index in [4.69, 9.17) is 10.5 Å². The Morgan fingerprint density at radius 2 is 2.00 bits per heavy atom. The van der Waals surface area contributed by atoms with Crippen LogP contribution in [-0.4, -0.2) is 21.3 Å². The largest absolute Gasteiger partial charge is 0.496 e. The predicted octanol–water partition coefficient (Wildman–Crippen LogP) is 1.72. The molecule has 1 aromatic carbocycles. The zero-order valence-corrected chi connectivity index (χ0v) is 12.0. The Bertz CT molecular complexity index is 495. The molecule has 2 N–H and O–H groups in total. The second-order valence-corrected chi connectivity index (χ2v) is 6.91. The number of nitrogens with two attached hydrogens (primary N) is 1. The van der Waals surface area contributed by atoms with Crippen molar-refractivity contribution in [1.29, 1.82) is 0 Å². The molecule has 0 aliphatic heterocycles. The normalized spacial score (nSPS) is 11.8. The first kappa shape index (κ1) is 15.0. The van der Waals surface area contributed by atoms with E-state index in [9.17, 15) is 8.42 Å². The Hall–Kier alpha value is -1.07. The Morgan fingerprint density at radius 3 is 2.50 bits per heavy atom. The molecule has 18 heavy (non-hydrogen) atoms. The molecule has 1 rings (SSSR count). The van der Waals surface area contributed by atoms with Crippen molar-refractivity contribution in [2.24, 2.45) is 11.7 Å². The SMILES string of the molecule is COc1cc(CS(=O)(=O)CC(C)C)ccc1CN. The number of hydrogen-bond donors (Lipinski definition) is 1. The highest BCUT2D eigenvalue weighted by Gasteiger charge is 2.15. The summed E-state index contributed by atoms with van der Waals surface area (Å²) in [6.07, 6.45) is 0. The van der Waals surface area contributed by atoms with E-state index in [0.717, 1.165) is 11.1 Å². The standard InChI is InChI=1S/C13H21NO3S/c1-10(2)8-18(15,16)9-11-4-5-12(7-14)13(6-11)17-3/h4-6,10H,7-9,14H2,1-3H3. The smallest absolute Gasteiger partial charge is 0.154 e. The van der Waals surface area contributed by atoms with Crippen LogP contribution in [0.15, 0.2) is 18.2 Å². The van der Waals surface area contributed by atoms with Crippen LogP contribution in [0.3, 0.4) is 0 Å². The van der Waals surface area contributed by atoms with Gasteiger partial charge in [0, 0.05) is 12.1 Å². The van der Waals surface area contributed by atoms with Crippen molar-refractivity contribution in [3.8, 4) is 5.75 Å². The second kappa shape index (κ2) is 6.20. The van der Waals surface area contributed by atoms with Crippen LogP contribution in [-0.2, 0) is 22.1 Å². The highest BCUT2D eigenvalue weighted by atomic mass is 32.2. The van der Waals surface area contributed by atoms with Gasteiger partial charge in [0.1, 0.15) is 5.75 Å². The van der Waals surface area contributed by atoms with Crippen molar-refractivity contribution in [2.45, 2.75) is 26.1 Å². The third kappa shape index (κ3) is 4.31. The molecule has 0 atom stereocenters. The lowest BCUT2D eigenvalue weighted by Gasteiger charge is -2.10. The third-order valence-corrected chi connectivity index (χ3v) is 4.49. The fraction of sp³-hybridized carbons (Fsp3) is 0.538. The van der Waals surface area contributed by atoms with Gasteiger partial charge >= 0.3 is 0 Å². The summed E-state index contributed by atoms with van der Waals surface area (Å²) in [4.78, 5) is 0. The fourth-order valence-electron chi connectivity index (χ4n) is 1.87. The van der Waals surface area contributed by atoms with Crippen molar-refractivity contribution in [3.63, 3.8) is 0 Å². The van der Waals surface area contributed by atoms with Gasteiger partial charge in [0.25, 0.3) is 0 Å². The molecule has 0 saturated heterocycles. The van der Waals surface area contributed by atoms with Crippen LogP contribution in [0.5, 0.6) is 5.75 Å². The molecule has 0 fully saturated rings. The van der Waals surface area contributed by atoms with Gasteiger partial charge in [-0.2, -0.15) is 0 Å². The van der Waals surface area contributed by atoms with Crippen LogP contribution in [0, 0.1) is 5.92 Å². The average Bonchev–Trinajstić information content (AvgIpc) is 2.26. The monoisotopic (exact) mass is 271 g/mol. The topological polar surface area (TPSA) is 69.4 Å². The van der Waals surface area contributed by atoms with Crippen molar-refractivity contribution in [1.82, 2.24) is 0 Å². The van der Waals surface area contributed by atoms with Crippen molar-refractivity contribution in [2.75, 3.05) is 12.9 Å². The Balaban J connectivity index is 2.92. The van der Waals surface area contributed by atoms with E-state index in [0.29, 0.717) is 12.3 Å². The first-order valence-corrected chi connectivity index (χ1v) is 7.76. The molecule has 0 amide bonds. The van der Waals surface area contributed by atoms with Gasteiger partial charge in [0.2, 0.25) is 0 Å². The highest BCUT2D eigenvalue weighted by molar-refractivity contribution is 7.90. The van der Waals surface area contributed by atoms with Gasteiger partial charge in [0.05, 0.1) is 18.6 Å². The summed E-state index contributed by atoms with van der Waals surface area (Å²) >= 11 is 0. The molecule has 0 aliphatic rings. The summed E-state index contributed by atoms with van der Waals surface area (Å²) in [6.45, 7) is 4.17. The Labute approximate surface area is 109 Å². The molecule has 0 saturated carbocycles. The van der Waals surface area contributed by atoms with E-state index in [2.05, 4.69) is 0 Å². The van der Waals surface area contributed by atoms with Gasteiger partial charge in [-0.1, -0.05) is 26.0 Å². The summed E-state index contributed by atoms with van der Waals surface area (Å²) in [5.74, 6) is 1.04. The molecule has 0 spiro atoms. The zero-order valence-electron chi connectivity index (χ0n) is 11.1. The van der Waals surface area contributed by atoms with Gasteiger partial charge in [-0.25, -0.2) is 8.42 Å². The lowest BCUT2D eigenvalue weighted by Crippen LogP contribution is -2.14. The molecular weight excluding hydrogens is 250 g/mol. The molecule has 0 bridgehead atoms. The van der Waals surface area contributed by atoms with Gasteiger partial charge < -0.3 is 10.5 Å². The van der Waals surface area contributed by atoms with Crippen molar-refractivity contribution >= 4 is 9.84 Å². The molecule has 102 valence electrons. The van der Waals surface area contributed by atoms with E-state index in [1.165, 1.54) is 0 Å². The number of methoxy groups -OCH3 is 1. The molecule has 0 aromatic heterocycles. The van der Waals surface area contributed by atoms with Crippen LogP contribution in [0.1, 0.15) is 25.0 Å². The van der Waals surface area contributed by atoms with Gasteiger partial charge in [-0.3, -0.25) is 0 Å². The van der Waals surface area contributed by atoms with Crippen LogP contribution in [0.2, 0.25) is 0 Å². The number of ether oxygens (including phenoxy) is 1. The molecule has 0 heterocycles. The van der Waals surface area contributed by atoms with Crippen LogP contribution < -0.4 is 10.5 Å². The van der Waals surface area contributed by atoms with E-state index >= 15 is 0 Å². The highest BCUT2D eigenvalue weighted by Crippen LogP contribution is 2.21. The molecule has 4 nitrogen and oxygen atoms in total. The lowest BCUT2D eigenvalue weighted by molar-refractivity contribution is 0.409. The minimum atomic E-state index is -3.07. The minimum Gasteiger partial charge on any atom is -0.496 e. The van der Waals surface area contributed by atoms with Gasteiger partial charge in [-0.05, 0) is 17.5 Å². The molecule has 0 aliphatic carbocycles. The van der Waals surface area contributed by atoms with Crippen molar-refractivity contribution < 1.29 is 13.2 Å². The van der Waals surface area contributed by atoms with E-state index in [1.54, 1.807) is 19.2 Å². The lowest BCUT2D eigenvalue weighted by atomic mass is 10.1. The zero-order chi connectivity index (χ0) is 13.8. The maximum absolute atomic E-state index is 11.9. The number of hydrogen-bond acceptors (Lipinski definition) is 4. The molecule has 0 unspecified atom stereocenters. The predicted molar refractivity (Wildman–Crippen MR) is 73.2 cm³/mol. The summed E-state index contributed by atoms with van der Waals surface area (Å²) in [5.41, 5.74) is 7.19. The summed E-state index contributed by atoms with van der Waals surface area (Å²) in [7, 11) is -1.51. The average molecular weight is 271 g/mol. The molecule has 1 aromatic rings. The van der Waals surface area contributed by atoms with Crippen molar-refractivity contribution in [3.05, 3.63) is 29.3 Å². The number of rotatable bonds is 6. The molecule has 5 heteroatoms. The maximum Gasteiger partial charge on any atom is 0.154 e. The maximum atomic E-state index is 11.9. The molecular formula is C13H21NO3S. The van der Waals surface area contributed by atoms with Gasteiger partial charge in [-0.15, -0.1) is 0 Å². The van der Waals surface area contributed by atoms with E-state index < -0.39 is 9.84 Å². The number of sulfone groups is 1. The van der Waals surface area contributed by atoms with E-state index in [-0.39, 0.29) is 17.4 Å². The number of benzene rings is 1. The summed E-state index contributed by atoms with van der Waals surface area (Å²) in [6, 6.07) is 5.36. The third-order valence-electron chi connectivity index (χ3n) is 2.55. The Morgan fingerprint density at radius 1 is 1.33 bits per heavy atom. The first-order valence-electron chi connectivity index (χ1n) is 5.94. The Kier molecular flexibility index (Phi) is 5.16. The first-order chi connectivity index (χ1) is 8.38. The van der Waals surface area contributed by atoms with Gasteiger partial charge in [0.15, 0.2) is 9.84 Å². The summed E-state index contributed by atoms with van der Waals surface area (Å²) in [5, 5.41) is 0. The van der Waals surface area contributed by atoms with E-state index in [1.807, 2.05) is 19.9 Å².